The molecule has 0 unspecified atom stereocenters. The Hall–Kier alpha value is -0.130. The van der Waals surface area contributed by atoms with Gasteiger partial charge in [0.2, 0.25) is 0 Å². The maximum Gasteiger partial charge on any atom is 0.347 e. The molecule has 0 spiro atoms. The summed E-state index contributed by atoms with van der Waals surface area (Å²) in [4.78, 5) is 14.1. The van der Waals surface area contributed by atoms with Crippen molar-refractivity contribution in [3.63, 3.8) is 0 Å². The lowest BCUT2D eigenvalue weighted by Crippen LogP contribution is -1.89. The van der Waals surface area contributed by atoms with E-state index in [0.29, 0.717) is 3.92 Å². The van der Waals surface area contributed by atoms with Gasteiger partial charge >= 0.3 is 5.97 Å². The topological polar surface area (TPSA) is 50.2 Å². The fourth-order valence-electron chi connectivity index (χ4n) is 0.352. The fourth-order valence-corrected chi connectivity index (χ4v) is 1.46. The minimum atomic E-state index is -0.932. The van der Waals surface area contributed by atoms with Crippen LogP contribution in [-0.4, -0.2) is 16.1 Å². The molecule has 6 heteroatoms. The molecule has 0 bridgehead atoms. The Kier molecular flexibility index (Phi) is 3.85. The third-order valence-corrected chi connectivity index (χ3v) is 2.15. The Morgan fingerprint density at radius 1 is 1.80 bits per heavy atom. The zero-order valence-corrected chi connectivity index (χ0v) is 7.79. The number of hydrogen-bond donors (Lipinski definition) is 1. The van der Waals surface area contributed by atoms with Crippen molar-refractivity contribution < 1.29 is 9.90 Å². The minimum absolute atomic E-state index is 0. The Balaban J connectivity index is 0.000000810. The van der Waals surface area contributed by atoms with Gasteiger partial charge < -0.3 is 5.11 Å². The molecule has 0 fully saturated rings. The summed E-state index contributed by atoms with van der Waals surface area (Å²) in [6.45, 7) is 0. The second kappa shape index (κ2) is 3.90. The van der Waals surface area contributed by atoms with Crippen LogP contribution in [0.3, 0.4) is 0 Å². The predicted molar refractivity (Wildman–Crippen MR) is 44.0 cm³/mol. The average Bonchev–Trinajstić information content (AvgIpc) is 2.14. The molecule has 3 nitrogen and oxygen atoms in total. The lowest BCUT2D eigenvalue weighted by molar-refractivity contribution is 0.0702. The van der Waals surface area contributed by atoms with Gasteiger partial charge in [0.05, 0.1) is 6.20 Å². The molecule has 0 amide bonds. The van der Waals surface area contributed by atoms with E-state index in [0.717, 1.165) is 11.3 Å². The molecule has 10 heavy (non-hydrogen) atoms. The van der Waals surface area contributed by atoms with Crippen molar-refractivity contribution in [1.29, 1.82) is 0 Å². The summed E-state index contributed by atoms with van der Waals surface area (Å²) in [5.74, 6) is -0.932. The summed E-state index contributed by atoms with van der Waals surface area (Å²) in [6.07, 6.45) is 1.32. The molecule has 0 aromatic carbocycles. The Morgan fingerprint density at radius 3 is 2.60 bits per heavy atom. The molecule has 56 valence electrons. The number of carboxylic acids is 1. The zero-order chi connectivity index (χ0) is 6.85. The number of rotatable bonds is 1. The quantitative estimate of drug-likeness (QED) is 0.822. The van der Waals surface area contributed by atoms with E-state index in [1.54, 1.807) is 0 Å². The molecule has 0 saturated carbocycles. The first-order chi connectivity index (χ1) is 4.20. The number of nitrogens with zero attached hydrogens (tertiary/aromatic N) is 1. The normalized spacial score (nSPS) is 8.50. The molecule has 0 aliphatic carbocycles. The van der Waals surface area contributed by atoms with E-state index in [1.807, 2.05) is 0 Å². The van der Waals surface area contributed by atoms with Gasteiger partial charge in [-0.3, -0.25) is 0 Å². The molecule has 0 radical (unpaired) electrons. The first kappa shape index (κ1) is 9.87. The van der Waals surface area contributed by atoms with E-state index in [4.69, 9.17) is 5.11 Å². The molecule has 0 saturated heterocycles. The maximum atomic E-state index is 10.2. The Labute approximate surface area is 75.6 Å². The smallest absolute Gasteiger partial charge is 0.347 e. The van der Waals surface area contributed by atoms with E-state index in [1.165, 1.54) is 6.20 Å². The second-order valence-electron chi connectivity index (χ2n) is 1.28. The van der Waals surface area contributed by atoms with E-state index in [9.17, 15) is 4.79 Å². The summed E-state index contributed by atoms with van der Waals surface area (Å²) < 4.78 is 0.597. The van der Waals surface area contributed by atoms with Crippen molar-refractivity contribution >= 4 is 45.6 Å². The molecule has 1 aromatic heterocycles. The van der Waals surface area contributed by atoms with Crippen LogP contribution in [0.5, 0.6) is 0 Å². The Bertz CT molecular complexity index is 239. The first-order valence-corrected chi connectivity index (χ1v) is 3.65. The van der Waals surface area contributed by atoms with Crippen molar-refractivity contribution in [2.45, 2.75) is 0 Å². The minimum Gasteiger partial charge on any atom is -0.477 e. The van der Waals surface area contributed by atoms with E-state index >= 15 is 0 Å². The van der Waals surface area contributed by atoms with Gasteiger partial charge in [-0.2, -0.15) is 0 Å². The average molecular weight is 244 g/mol. The summed E-state index contributed by atoms with van der Waals surface area (Å²) in [5, 5.41) is 8.35. The van der Waals surface area contributed by atoms with Gasteiger partial charge in [0.15, 0.2) is 3.92 Å². The molecule has 1 aromatic rings. The van der Waals surface area contributed by atoms with E-state index < -0.39 is 5.97 Å². The van der Waals surface area contributed by atoms with Gasteiger partial charge in [0.1, 0.15) is 4.88 Å². The number of carboxylic acid groups (broad SMARTS) is 1. The van der Waals surface area contributed by atoms with Gasteiger partial charge in [-0.05, 0) is 15.9 Å². The van der Waals surface area contributed by atoms with Gasteiger partial charge in [-0.15, -0.1) is 23.7 Å². The van der Waals surface area contributed by atoms with Crippen molar-refractivity contribution in [1.82, 2.24) is 4.98 Å². The second-order valence-corrected chi connectivity index (χ2v) is 3.59. The predicted octanol–water partition coefficient (Wildman–Crippen LogP) is 2.03. The number of aromatic nitrogens is 1. The summed E-state index contributed by atoms with van der Waals surface area (Å²) in [7, 11) is 0. The highest BCUT2D eigenvalue weighted by molar-refractivity contribution is 9.11. The van der Waals surface area contributed by atoms with Crippen LogP contribution in [-0.2, 0) is 0 Å². The lowest BCUT2D eigenvalue weighted by atomic mass is 10.6. The standard InChI is InChI=1S/C4H2BrNO2S.ClH/c5-4-6-1-2(9-4)3(7)8;/h1H,(H,7,8);1H. The summed E-state index contributed by atoms with van der Waals surface area (Å²) in [5.41, 5.74) is 0. The van der Waals surface area contributed by atoms with Crippen LogP contribution >= 0.6 is 39.7 Å². The largest absolute Gasteiger partial charge is 0.477 e. The summed E-state index contributed by atoms with van der Waals surface area (Å²) >= 11 is 4.15. The molecule has 0 aliphatic heterocycles. The van der Waals surface area contributed by atoms with Crippen molar-refractivity contribution in [2.75, 3.05) is 0 Å². The van der Waals surface area contributed by atoms with Crippen LogP contribution in [0.25, 0.3) is 0 Å². The third kappa shape index (κ3) is 2.24. The van der Waals surface area contributed by atoms with Gasteiger partial charge in [-0.25, -0.2) is 9.78 Å². The van der Waals surface area contributed by atoms with Crippen LogP contribution in [0.15, 0.2) is 10.1 Å². The number of carbonyl (C=O) groups is 1. The zero-order valence-electron chi connectivity index (χ0n) is 4.57. The highest BCUT2D eigenvalue weighted by Crippen LogP contribution is 2.17. The molecular formula is C4H3BrClNO2S. The molecule has 0 atom stereocenters. The van der Waals surface area contributed by atoms with Gasteiger partial charge in [0.25, 0.3) is 0 Å². The van der Waals surface area contributed by atoms with Crippen LogP contribution < -0.4 is 0 Å². The molecule has 1 heterocycles. The highest BCUT2D eigenvalue weighted by atomic mass is 79.9. The monoisotopic (exact) mass is 243 g/mol. The molecule has 0 aliphatic rings. The first-order valence-electron chi connectivity index (χ1n) is 2.05. The van der Waals surface area contributed by atoms with Gasteiger partial charge in [0, 0.05) is 0 Å². The van der Waals surface area contributed by atoms with Crippen LogP contribution in [0, 0.1) is 0 Å². The van der Waals surface area contributed by atoms with Crippen molar-refractivity contribution in [2.24, 2.45) is 0 Å². The number of halogens is 2. The molecule has 1 rings (SSSR count). The number of thiazole rings is 1. The molecule has 1 N–H and O–H groups in total. The van der Waals surface area contributed by atoms with Crippen LogP contribution in [0.2, 0.25) is 0 Å². The van der Waals surface area contributed by atoms with E-state index in [2.05, 4.69) is 20.9 Å². The van der Waals surface area contributed by atoms with Crippen molar-refractivity contribution in [3.8, 4) is 0 Å². The number of aromatic carboxylic acids is 1. The SMILES string of the molecule is Cl.O=C(O)c1cnc(Br)s1. The lowest BCUT2D eigenvalue weighted by Gasteiger charge is -1.77. The van der Waals surface area contributed by atoms with Gasteiger partial charge in [-0.1, -0.05) is 0 Å². The summed E-state index contributed by atoms with van der Waals surface area (Å²) in [6, 6.07) is 0. The third-order valence-electron chi connectivity index (χ3n) is 0.688. The van der Waals surface area contributed by atoms with Crippen LogP contribution in [0.4, 0.5) is 0 Å². The van der Waals surface area contributed by atoms with Crippen LogP contribution in [0.1, 0.15) is 9.67 Å². The Morgan fingerprint density at radius 2 is 2.40 bits per heavy atom. The fraction of sp³-hybridized carbons (Fsp3) is 0. The maximum absolute atomic E-state index is 10.2. The van der Waals surface area contributed by atoms with Crippen molar-refractivity contribution in [3.05, 3.63) is 15.0 Å². The number of hydrogen-bond acceptors (Lipinski definition) is 3. The molecular weight excluding hydrogens is 241 g/mol. The van der Waals surface area contributed by atoms with E-state index in [-0.39, 0.29) is 17.3 Å². The highest BCUT2D eigenvalue weighted by Gasteiger charge is 2.05.